The lowest BCUT2D eigenvalue weighted by Gasteiger charge is -2.48. The van der Waals surface area contributed by atoms with Crippen molar-refractivity contribution >= 4 is 6.41 Å². The second-order valence-corrected chi connectivity index (χ2v) is 8.43. The maximum Gasteiger partial charge on any atom is 0.210 e. The molecular formula is C24H30N2O2. The first-order chi connectivity index (χ1) is 13.6. The molecule has 2 aromatic rings. The Balaban J connectivity index is 1.91. The van der Waals surface area contributed by atoms with Gasteiger partial charge in [0.05, 0.1) is 0 Å². The van der Waals surface area contributed by atoms with Crippen LogP contribution in [0.5, 0.6) is 11.5 Å². The summed E-state index contributed by atoms with van der Waals surface area (Å²) in [7, 11) is 1.91. The maximum atomic E-state index is 12.2. The summed E-state index contributed by atoms with van der Waals surface area (Å²) in [5, 5.41) is 0. The number of hydrogen-bond donors (Lipinski definition) is 0. The van der Waals surface area contributed by atoms with E-state index in [4.69, 9.17) is 4.74 Å². The molecule has 0 saturated carbocycles. The fourth-order valence-corrected chi connectivity index (χ4v) is 5.05. The predicted molar refractivity (Wildman–Crippen MR) is 112 cm³/mol. The second-order valence-electron chi connectivity index (χ2n) is 8.43. The van der Waals surface area contributed by atoms with Crippen LogP contribution in [0.15, 0.2) is 48.5 Å². The van der Waals surface area contributed by atoms with Crippen molar-refractivity contribution in [2.45, 2.75) is 44.7 Å². The van der Waals surface area contributed by atoms with Gasteiger partial charge >= 0.3 is 0 Å². The van der Waals surface area contributed by atoms with E-state index in [1.54, 1.807) is 0 Å². The number of carbonyl (C=O) groups excluding carboxylic acids is 1. The topological polar surface area (TPSA) is 32.8 Å². The third-order valence-corrected chi connectivity index (χ3v) is 6.53. The summed E-state index contributed by atoms with van der Waals surface area (Å²) in [5.41, 5.74) is 1.62. The number of nitrogens with zero attached hydrogens (tertiary/aromatic N) is 2. The molecule has 148 valence electrons. The van der Waals surface area contributed by atoms with Gasteiger partial charge in [0.2, 0.25) is 6.41 Å². The van der Waals surface area contributed by atoms with Gasteiger partial charge in [0.25, 0.3) is 0 Å². The number of ether oxygens (including phenoxy) is 1. The Morgan fingerprint density at radius 2 is 1.57 bits per heavy atom. The van der Waals surface area contributed by atoms with Crippen molar-refractivity contribution < 1.29 is 9.53 Å². The van der Waals surface area contributed by atoms with Gasteiger partial charge in [-0.15, -0.1) is 0 Å². The molecule has 28 heavy (non-hydrogen) atoms. The normalized spacial score (nSPS) is 18.9. The van der Waals surface area contributed by atoms with Crippen molar-refractivity contribution in [2.75, 3.05) is 20.1 Å². The molecule has 0 aliphatic carbocycles. The minimum Gasteiger partial charge on any atom is -0.457 e. The Labute approximate surface area is 168 Å². The van der Waals surface area contributed by atoms with Gasteiger partial charge in [-0.25, -0.2) is 0 Å². The molecule has 0 spiro atoms. The summed E-state index contributed by atoms with van der Waals surface area (Å²) in [6.07, 6.45) is 4.35. The minimum atomic E-state index is -0.537. The summed E-state index contributed by atoms with van der Waals surface area (Å²) in [5.74, 6) is 2.19. The van der Waals surface area contributed by atoms with Crippen LogP contribution in [0.4, 0.5) is 0 Å². The first-order valence-corrected chi connectivity index (χ1v) is 10.4. The average Bonchev–Trinajstić information content (AvgIpc) is 3.24. The van der Waals surface area contributed by atoms with Gasteiger partial charge in [-0.1, -0.05) is 50.2 Å². The molecule has 0 bridgehead atoms. The number of likely N-dealkylation sites (tertiary alicyclic amines) is 1. The molecule has 4 heteroatoms. The first kappa shape index (κ1) is 19.0. The van der Waals surface area contributed by atoms with Crippen molar-refractivity contribution in [3.8, 4) is 11.5 Å². The number of fused-ring (bicyclic) bond motifs is 2. The van der Waals surface area contributed by atoms with Crippen LogP contribution in [-0.2, 0) is 10.3 Å². The number of benzene rings is 2. The van der Waals surface area contributed by atoms with Gasteiger partial charge in [0.15, 0.2) is 0 Å². The average molecular weight is 379 g/mol. The largest absolute Gasteiger partial charge is 0.457 e. The van der Waals surface area contributed by atoms with Crippen molar-refractivity contribution in [1.29, 1.82) is 0 Å². The number of para-hydroxylation sites is 2. The summed E-state index contributed by atoms with van der Waals surface area (Å²) in [6.45, 7) is 6.89. The van der Waals surface area contributed by atoms with Gasteiger partial charge in [0, 0.05) is 24.2 Å². The van der Waals surface area contributed by atoms with Crippen LogP contribution in [0.3, 0.4) is 0 Å². The molecule has 1 amide bonds. The Bertz CT molecular complexity index is 797. The first-order valence-electron chi connectivity index (χ1n) is 10.4. The lowest BCUT2D eigenvalue weighted by molar-refractivity contribution is -0.122. The molecule has 2 aromatic carbocycles. The van der Waals surface area contributed by atoms with E-state index in [-0.39, 0.29) is 0 Å². The summed E-state index contributed by atoms with van der Waals surface area (Å²) in [4.78, 5) is 16.6. The molecule has 1 atom stereocenters. The molecule has 4 nitrogen and oxygen atoms in total. The number of hydrogen-bond acceptors (Lipinski definition) is 3. The summed E-state index contributed by atoms with van der Waals surface area (Å²) in [6, 6.07) is 16.7. The van der Waals surface area contributed by atoms with E-state index in [1.165, 1.54) is 12.8 Å². The van der Waals surface area contributed by atoms with Crippen LogP contribution >= 0.6 is 0 Å². The highest BCUT2D eigenvalue weighted by atomic mass is 16.5. The third-order valence-electron chi connectivity index (χ3n) is 6.53. The van der Waals surface area contributed by atoms with E-state index >= 15 is 0 Å². The fourth-order valence-electron chi connectivity index (χ4n) is 5.05. The van der Waals surface area contributed by atoms with Crippen LogP contribution < -0.4 is 4.74 Å². The SMILES string of the molecule is CC(C)C(CC1(N(C)C=O)c2ccccc2Oc2ccccc21)N1CCCC1. The zero-order valence-electron chi connectivity index (χ0n) is 17.1. The van der Waals surface area contributed by atoms with E-state index in [0.29, 0.717) is 12.0 Å². The van der Waals surface area contributed by atoms with Crippen LogP contribution in [0.1, 0.15) is 44.2 Å². The van der Waals surface area contributed by atoms with E-state index in [0.717, 1.165) is 48.5 Å². The molecule has 2 aliphatic rings. The molecule has 0 N–H and O–H groups in total. The molecule has 1 saturated heterocycles. The van der Waals surface area contributed by atoms with Crippen LogP contribution in [-0.4, -0.2) is 42.4 Å². The molecule has 4 rings (SSSR count). The highest BCUT2D eigenvalue weighted by Crippen LogP contribution is 2.52. The Morgan fingerprint density at radius 1 is 1.04 bits per heavy atom. The zero-order chi connectivity index (χ0) is 19.7. The quantitative estimate of drug-likeness (QED) is 0.687. The van der Waals surface area contributed by atoms with Gasteiger partial charge < -0.3 is 14.5 Å². The van der Waals surface area contributed by atoms with Crippen molar-refractivity contribution in [1.82, 2.24) is 9.80 Å². The standard InChI is InChI=1S/C24H30N2O2/c1-18(2)21(26-14-8-9-15-26)16-24(25(3)17-27)19-10-4-6-12-22(19)28-23-13-7-5-11-20(23)24/h4-7,10-13,17-18,21H,8-9,14-16H2,1-3H3. The van der Waals surface area contributed by atoms with E-state index < -0.39 is 5.54 Å². The molecule has 0 aromatic heterocycles. The Kier molecular flexibility index (Phi) is 5.15. The molecule has 0 radical (unpaired) electrons. The van der Waals surface area contributed by atoms with Crippen LogP contribution in [0.25, 0.3) is 0 Å². The lowest BCUT2D eigenvalue weighted by atomic mass is 9.73. The zero-order valence-corrected chi connectivity index (χ0v) is 17.1. The number of amides is 1. The summed E-state index contributed by atoms with van der Waals surface area (Å²) < 4.78 is 6.24. The van der Waals surface area contributed by atoms with E-state index in [9.17, 15) is 4.79 Å². The highest BCUT2D eigenvalue weighted by Gasteiger charge is 2.48. The predicted octanol–water partition coefficient (Wildman–Crippen LogP) is 4.63. The van der Waals surface area contributed by atoms with Gasteiger partial charge in [-0.3, -0.25) is 4.79 Å². The maximum absolute atomic E-state index is 12.2. The van der Waals surface area contributed by atoms with Crippen LogP contribution in [0, 0.1) is 5.92 Å². The lowest BCUT2D eigenvalue weighted by Crippen LogP contribution is -2.51. The van der Waals surface area contributed by atoms with Crippen molar-refractivity contribution in [3.63, 3.8) is 0 Å². The van der Waals surface area contributed by atoms with Crippen molar-refractivity contribution in [2.24, 2.45) is 5.92 Å². The molecular weight excluding hydrogens is 348 g/mol. The van der Waals surface area contributed by atoms with Gasteiger partial charge in [-0.2, -0.15) is 0 Å². The smallest absolute Gasteiger partial charge is 0.210 e. The van der Waals surface area contributed by atoms with E-state index in [2.05, 4.69) is 30.9 Å². The number of rotatable bonds is 6. The van der Waals surface area contributed by atoms with Gasteiger partial charge in [-0.05, 0) is 50.4 Å². The molecule has 1 fully saturated rings. The highest BCUT2D eigenvalue weighted by molar-refractivity contribution is 5.62. The molecule has 1 unspecified atom stereocenters. The minimum absolute atomic E-state index is 0.393. The van der Waals surface area contributed by atoms with Crippen molar-refractivity contribution in [3.05, 3.63) is 59.7 Å². The fraction of sp³-hybridized carbons (Fsp3) is 0.458. The molecule has 2 aliphatic heterocycles. The van der Waals surface area contributed by atoms with Crippen LogP contribution in [0.2, 0.25) is 0 Å². The Morgan fingerprint density at radius 3 is 2.07 bits per heavy atom. The van der Waals surface area contributed by atoms with Gasteiger partial charge in [0.1, 0.15) is 17.0 Å². The Hall–Kier alpha value is -2.33. The molecule has 2 heterocycles. The third kappa shape index (κ3) is 3.00. The van der Waals surface area contributed by atoms with E-state index in [1.807, 2.05) is 48.3 Å². The monoisotopic (exact) mass is 378 g/mol. The number of carbonyl (C=O) groups is 1. The summed E-state index contributed by atoms with van der Waals surface area (Å²) >= 11 is 0. The second kappa shape index (κ2) is 7.59.